The van der Waals surface area contributed by atoms with E-state index >= 15 is 0 Å². The lowest BCUT2D eigenvalue weighted by Gasteiger charge is -2.08. The number of hydrogen-bond acceptors (Lipinski definition) is 1. The summed E-state index contributed by atoms with van der Waals surface area (Å²) in [7, 11) is 0. The Bertz CT molecular complexity index is 880. The van der Waals surface area contributed by atoms with Gasteiger partial charge in [-0.05, 0) is 65.1 Å². The largest absolute Gasteiger partial charge is 0.416 e. The summed E-state index contributed by atoms with van der Waals surface area (Å²) in [4.78, 5) is 2.84. The average Bonchev–Trinajstić information content (AvgIpc) is 2.73. The van der Waals surface area contributed by atoms with Gasteiger partial charge in [0.2, 0.25) is 0 Å². The maximum absolute atomic E-state index is 12.8. The molecule has 0 amide bonds. The molecule has 7 heteroatoms. The monoisotopic (exact) mass is 420 g/mol. The zero-order valence-electron chi connectivity index (χ0n) is 10.4. The molecule has 0 bridgehead atoms. The van der Waals surface area contributed by atoms with Gasteiger partial charge in [0.25, 0.3) is 0 Å². The van der Waals surface area contributed by atoms with Gasteiger partial charge in [0, 0.05) is 3.57 Å². The van der Waals surface area contributed by atoms with E-state index in [9.17, 15) is 13.2 Å². The molecule has 0 aliphatic heterocycles. The van der Waals surface area contributed by atoms with Crippen LogP contribution in [0.1, 0.15) is 5.56 Å². The lowest BCUT2D eigenvalue weighted by molar-refractivity contribution is -0.137. The number of para-hydroxylation sites is 1. The van der Waals surface area contributed by atoms with Gasteiger partial charge in [0.05, 0.1) is 22.3 Å². The number of benzene rings is 2. The molecule has 0 fully saturated rings. The molecule has 108 valence electrons. The zero-order chi connectivity index (χ0) is 15.2. The molecule has 3 rings (SSSR count). The van der Waals surface area contributed by atoms with Crippen LogP contribution in [0.2, 0.25) is 0 Å². The zero-order valence-corrected chi connectivity index (χ0v) is 13.4. The first-order chi connectivity index (χ1) is 9.88. The SMILES string of the molecule is FC(F)(F)c1ccc2c(c1)[nH]c(=S)n2-c1ccccc1I. The Hall–Kier alpha value is -1.35. The van der Waals surface area contributed by atoms with E-state index in [4.69, 9.17) is 12.2 Å². The number of nitrogens with zero attached hydrogens (tertiary/aromatic N) is 1. The molecular formula is C14H8F3IN2S. The van der Waals surface area contributed by atoms with E-state index in [1.54, 1.807) is 4.57 Å². The topological polar surface area (TPSA) is 20.7 Å². The second-order valence-electron chi connectivity index (χ2n) is 4.45. The van der Waals surface area contributed by atoms with Crippen LogP contribution >= 0.6 is 34.8 Å². The molecule has 3 aromatic rings. The van der Waals surface area contributed by atoms with Crippen LogP contribution in [0, 0.1) is 8.34 Å². The van der Waals surface area contributed by atoms with Crippen molar-refractivity contribution in [1.29, 1.82) is 0 Å². The molecule has 0 aliphatic rings. The fourth-order valence-electron chi connectivity index (χ4n) is 2.16. The van der Waals surface area contributed by atoms with Crippen LogP contribution in [-0.4, -0.2) is 9.55 Å². The second kappa shape index (κ2) is 5.13. The van der Waals surface area contributed by atoms with E-state index in [1.807, 2.05) is 24.3 Å². The maximum Gasteiger partial charge on any atom is 0.416 e. The third kappa shape index (κ3) is 2.59. The molecule has 0 radical (unpaired) electrons. The predicted octanol–water partition coefficient (Wildman–Crippen LogP) is 5.31. The predicted molar refractivity (Wildman–Crippen MR) is 86.2 cm³/mol. The van der Waals surface area contributed by atoms with Crippen LogP contribution in [0.4, 0.5) is 13.2 Å². The molecular weight excluding hydrogens is 412 g/mol. The first-order valence-corrected chi connectivity index (χ1v) is 7.43. The molecule has 0 atom stereocenters. The first-order valence-electron chi connectivity index (χ1n) is 5.95. The maximum atomic E-state index is 12.8. The van der Waals surface area contributed by atoms with Gasteiger partial charge in [-0.25, -0.2) is 0 Å². The molecule has 1 heterocycles. The summed E-state index contributed by atoms with van der Waals surface area (Å²) < 4.78 is 41.4. The third-order valence-electron chi connectivity index (χ3n) is 3.10. The molecule has 2 aromatic carbocycles. The van der Waals surface area contributed by atoms with Crippen LogP contribution in [0.15, 0.2) is 42.5 Å². The Morgan fingerprint density at radius 2 is 1.81 bits per heavy atom. The Kier molecular flexibility index (Phi) is 3.56. The fourth-order valence-corrected chi connectivity index (χ4v) is 3.10. The highest BCUT2D eigenvalue weighted by Crippen LogP contribution is 2.32. The molecule has 21 heavy (non-hydrogen) atoms. The quantitative estimate of drug-likeness (QED) is 0.418. The van der Waals surface area contributed by atoms with Crippen LogP contribution in [0.3, 0.4) is 0 Å². The lowest BCUT2D eigenvalue weighted by Crippen LogP contribution is -2.04. The van der Waals surface area contributed by atoms with Gasteiger partial charge in [-0.1, -0.05) is 12.1 Å². The van der Waals surface area contributed by atoms with Crippen molar-refractivity contribution in [3.63, 3.8) is 0 Å². The minimum atomic E-state index is -4.37. The molecule has 0 saturated carbocycles. The van der Waals surface area contributed by atoms with Crippen molar-refractivity contribution in [3.05, 3.63) is 56.4 Å². The van der Waals surface area contributed by atoms with E-state index < -0.39 is 11.7 Å². The van der Waals surface area contributed by atoms with Crippen LogP contribution in [0.5, 0.6) is 0 Å². The van der Waals surface area contributed by atoms with Crippen molar-refractivity contribution in [2.45, 2.75) is 6.18 Å². The molecule has 1 aromatic heterocycles. The first kappa shape index (κ1) is 14.6. The van der Waals surface area contributed by atoms with Crippen molar-refractivity contribution in [2.75, 3.05) is 0 Å². The summed E-state index contributed by atoms with van der Waals surface area (Å²) in [6.45, 7) is 0. The number of fused-ring (bicyclic) bond motifs is 1. The summed E-state index contributed by atoms with van der Waals surface area (Å²) >= 11 is 7.42. The van der Waals surface area contributed by atoms with Crippen LogP contribution in [-0.2, 0) is 6.18 Å². The molecule has 2 nitrogen and oxygen atoms in total. The van der Waals surface area contributed by atoms with Crippen molar-refractivity contribution < 1.29 is 13.2 Å². The van der Waals surface area contributed by atoms with Crippen molar-refractivity contribution in [3.8, 4) is 5.69 Å². The summed E-state index contributed by atoms with van der Waals surface area (Å²) in [5.74, 6) is 0. The van der Waals surface area contributed by atoms with Gasteiger partial charge in [-0.2, -0.15) is 13.2 Å². The van der Waals surface area contributed by atoms with Crippen molar-refractivity contribution >= 4 is 45.8 Å². The number of rotatable bonds is 1. The Labute approximate surface area is 136 Å². The van der Waals surface area contributed by atoms with E-state index in [0.29, 0.717) is 15.8 Å². The van der Waals surface area contributed by atoms with Gasteiger partial charge in [0.15, 0.2) is 4.77 Å². The minimum absolute atomic E-state index is 0.369. The van der Waals surface area contributed by atoms with Crippen LogP contribution in [0.25, 0.3) is 16.7 Å². The molecule has 0 saturated heterocycles. The number of nitrogens with one attached hydrogen (secondary N) is 1. The van der Waals surface area contributed by atoms with Crippen molar-refractivity contribution in [2.24, 2.45) is 0 Å². The number of aromatic nitrogens is 2. The lowest BCUT2D eigenvalue weighted by atomic mass is 10.2. The smallest absolute Gasteiger partial charge is 0.330 e. The van der Waals surface area contributed by atoms with Gasteiger partial charge in [-0.15, -0.1) is 0 Å². The summed E-state index contributed by atoms with van der Waals surface area (Å²) in [5, 5.41) is 0. The van der Waals surface area contributed by atoms with E-state index in [1.165, 1.54) is 6.07 Å². The highest BCUT2D eigenvalue weighted by atomic mass is 127. The summed E-state index contributed by atoms with van der Waals surface area (Å²) in [6.07, 6.45) is -4.37. The second-order valence-corrected chi connectivity index (χ2v) is 6.00. The highest BCUT2D eigenvalue weighted by Gasteiger charge is 2.30. The average molecular weight is 420 g/mol. The number of H-pyrrole nitrogens is 1. The number of alkyl halides is 3. The standard InChI is InChI=1S/C14H8F3IN2S/c15-14(16,17)8-5-6-12-10(7-8)19-13(21)20(12)11-4-2-1-3-9(11)18/h1-7H,(H,19,21). The Morgan fingerprint density at radius 1 is 1.10 bits per heavy atom. The van der Waals surface area contributed by atoms with Crippen LogP contribution < -0.4 is 0 Å². The van der Waals surface area contributed by atoms with Gasteiger partial charge >= 0.3 is 6.18 Å². The third-order valence-corrected chi connectivity index (χ3v) is 4.30. The van der Waals surface area contributed by atoms with Gasteiger partial charge in [-0.3, -0.25) is 4.57 Å². The number of hydrogen-bond donors (Lipinski definition) is 1. The van der Waals surface area contributed by atoms with Gasteiger partial charge < -0.3 is 4.98 Å². The highest BCUT2D eigenvalue weighted by molar-refractivity contribution is 14.1. The molecule has 1 N–H and O–H groups in total. The fraction of sp³-hybridized carbons (Fsp3) is 0.0714. The number of imidazole rings is 1. The normalized spacial score (nSPS) is 12.0. The van der Waals surface area contributed by atoms with E-state index in [-0.39, 0.29) is 0 Å². The van der Waals surface area contributed by atoms with E-state index in [0.717, 1.165) is 21.4 Å². The molecule has 0 spiro atoms. The minimum Gasteiger partial charge on any atom is -0.330 e. The van der Waals surface area contributed by atoms with Gasteiger partial charge in [0.1, 0.15) is 0 Å². The summed E-state index contributed by atoms with van der Waals surface area (Å²) in [6, 6.07) is 11.1. The molecule has 0 aliphatic carbocycles. The summed E-state index contributed by atoms with van der Waals surface area (Å²) in [5.41, 5.74) is 1.14. The Morgan fingerprint density at radius 3 is 2.48 bits per heavy atom. The number of aromatic amines is 1. The molecule has 0 unspecified atom stereocenters. The Balaban J connectivity index is 2.29. The van der Waals surface area contributed by atoms with Crippen molar-refractivity contribution in [1.82, 2.24) is 9.55 Å². The van der Waals surface area contributed by atoms with E-state index in [2.05, 4.69) is 27.6 Å². The number of halogens is 4.